The lowest BCUT2D eigenvalue weighted by Crippen LogP contribution is -2.48. The Morgan fingerprint density at radius 1 is 1.28 bits per heavy atom. The maximum atomic E-state index is 13.3. The highest BCUT2D eigenvalue weighted by molar-refractivity contribution is 7.98. The van der Waals surface area contributed by atoms with E-state index in [0.717, 1.165) is 16.8 Å². The van der Waals surface area contributed by atoms with Gasteiger partial charge in [-0.25, -0.2) is 4.98 Å². The molecular weight excluding hydrogens is 426 g/mol. The van der Waals surface area contributed by atoms with Crippen molar-refractivity contribution in [1.82, 2.24) is 24.5 Å². The van der Waals surface area contributed by atoms with Gasteiger partial charge in [0, 0.05) is 30.3 Å². The Morgan fingerprint density at radius 3 is 2.94 bits per heavy atom. The van der Waals surface area contributed by atoms with E-state index in [2.05, 4.69) is 27.2 Å². The number of carbonyl (C=O) groups is 1. The minimum absolute atomic E-state index is 0.0926. The number of benzene rings is 1. The lowest BCUT2D eigenvalue weighted by Gasteiger charge is -2.33. The van der Waals surface area contributed by atoms with E-state index in [0.29, 0.717) is 49.5 Å². The number of morpholine rings is 1. The number of rotatable bonds is 5. The van der Waals surface area contributed by atoms with Crippen LogP contribution in [0.4, 0.5) is 0 Å². The zero-order valence-corrected chi connectivity index (χ0v) is 19.2. The minimum Gasteiger partial charge on any atom is -0.475 e. The van der Waals surface area contributed by atoms with Crippen LogP contribution in [0.1, 0.15) is 23.7 Å². The standard InChI is InChI=1S/C23H25N5O3S/c1-14-10-20(28-22(24-14)25-23(26-28)32-3)31-13-17-12-27(8-9-30-17)21(29)19-11-16-6-4-5-7-18(16)15(19)2/h4-7,10,17H,8-9,11-13H2,1-3H3. The largest absolute Gasteiger partial charge is 0.475 e. The topological polar surface area (TPSA) is 81.9 Å². The third kappa shape index (κ3) is 3.86. The molecule has 1 fully saturated rings. The molecule has 3 aromatic rings. The van der Waals surface area contributed by atoms with E-state index in [-0.39, 0.29) is 12.0 Å². The number of amides is 1. The summed E-state index contributed by atoms with van der Waals surface area (Å²) in [5, 5.41) is 5.07. The van der Waals surface area contributed by atoms with Crippen LogP contribution in [0, 0.1) is 6.92 Å². The van der Waals surface area contributed by atoms with E-state index >= 15 is 0 Å². The van der Waals surface area contributed by atoms with Gasteiger partial charge in [0.25, 0.3) is 11.7 Å². The predicted octanol–water partition coefficient (Wildman–Crippen LogP) is 2.79. The van der Waals surface area contributed by atoms with Gasteiger partial charge in [0.1, 0.15) is 12.7 Å². The van der Waals surface area contributed by atoms with Crippen molar-refractivity contribution in [2.45, 2.75) is 31.5 Å². The average Bonchev–Trinajstić information content (AvgIpc) is 3.38. The fraction of sp³-hybridized carbons (Fsp3) is 0.391. The summed E-state index contributed by atoms with van der Waals surface area (Å²) in [6.07, 6.45) is 2.39. The van der Waals surface area contributed by atoms with E-state index in [1.165, 1.54) is 22.9 Å². The molecule has 1 aliphatic heterocycles. The van der Waals surface area contributed by atoms with Crippen LogP contribution in [-0.2, 0) is 16.0 Å². The van der Waals surface area contributed by atoms with Gasteiger partial charge in [-0.3, -0.25) is 4.79 Å². The van der Waals surface area contributed by atoms with Crippen molar-refractivity contribution in [2.75, 3.05) is 32.6 Å². The van der Waals surface area contributed by atoms with Gasteiger partial charge in [0.2, 0.25) is 11.0 Å². The summed E-state index contributed by atoms with van der Waals surface area (Å²) < 4.78 is 13.6. The van der Waals surface area contributed by atoms with Crippen LogP contribution in [0.25, 0.3) is 11.4 Å². The third-order valence-electron chi connectivity index (χ3n) is 5.91. The predicted molar refractivity (Wildman–Crippen MR) is 122 cm³/mol. The average molecular weight is 452 g/mol. The molecule has 3 heterocycles. The Kier molecular flexibility index (Phi) is 5.60. The minimum atomic E-state index is -0.218. The number of aromatic nitrogens is 4. The summed E-state index contributed by atoms with van der Waals surface area (Å²) in [6, 6.07) is 10.1. The molecule has 1 aliphatic carbocycles. The number of hydrogen-bond acceptors (Lipinski definition) is 7. The molecule has 1 atom stereocenters. The molecule has 0 spiro atoms. The molecule has 0 N–H and O–H groups in total. The van der Waals surface area contributed by atoms with Gasteiger partial charge in [-0.05, 0) is 36.8 Å². The number of nitrogens with zero attached hydrogens (tertiary/aromatic N) is 5. The highest BCUT2D eigenvalue weighted by Gasteiger charge is 2.30. The van der Waals surface area contributed by atoms with Gasteiger partial charge < -0.3 is 14.4 Å². The van der Waals surface area contributed by atoms with Gasteiger partial charge in [-0.15, -0.1) is 5.10 Å². The first-order valence-electron chi connectivity index (χ1n) is 10.6. The summed E-state index contributed by atoms with van der Waals surface area (Å²) in [5.74, 6) is 1.17. The second-order valence-electron chi connectivity index (χ2n) is 8.04. The van der Waals surface area contributed by atoms with E-state index < -0.39 is 0 Å². The van der Waals surface area contributed by atoms with E-state index in [1.54, 1.807) is 4.52 Å². The van der Waals surface area contributed by atoms with Crippen molar-refractivity contribution in [3.05, 3.63) is 52.7 Å². The Morgan fingerprint density at radius 2 is 2.12 bits per heavy atom. The van der Waals surface area contributed by atoms with Crippen LogP contribution in [0.2, 0.25) is 0 Å². The molecule has 9 heteroatoms. The molecule has 1 aromatic carbocycles. The molecule has 1 amide bonds. The summed E-state index contributed by atoms with van der Waals surface area (Å²) in [4.78, 5) is 24.0. The first kappa shape index (κ1) is 21.0. The molecule has 0 bridgehead atoms. The van der Waals surface area contributed by atoms with Crippen molar-refractivity contribution in [3.8, 4) is 5.88 Å². The third-order valence-corrected chi connectivity index (χ3v) is 6.45. The lowest BCUT2D eigenvalue weighted by atomic mass is 10.1. The van der Waals surface area contributed by atoms with Crippen molar-refractivity contribution >= 4 is 29.0 Å². The number of carbonyl (C=O) groups excluding carboxylic acids is 1. The molecule has 166 valence electrons. The van der Waals surface area contributed by atoms with Crippen LogP contribution < -0.4 is 4.74 Å². The highest BCUT2D eigenvalue weighted by atomic mass is 32.2. The fourth-order valence-corrected chi connectivity index (χ4v) is 4.60. The number of aryl methyl sites for hydroxylation is 1. The number of fused-ring (bicyclic) bond motifs is 2. The molecule has 32 heavy (non-hydrogen) atoms. The van der Waals surface area contributed by atoms with Gasteiger partial charge in [0.05, 0.1) is 13.2 Å². The lowest BCUT2D eigenvalue weighted by molar-refractivity contribution is -0.135. The van der Waals surface area contributed by atoms with Crippen LogP contribution in [0.15, 0.2) is 41.1 Å². The maximum absolute atomic E-state index is 13.3. The SMILES string of the molecule is CSc1nc2nc(C)cc(OCC3CN(C(=O)C4=C(C)c5ccccc5C4)CCO3)n2n1. The Hall–Kier alpha value is -2.91. The van der Waals surface area contributed by atoms with Crippen molar-refractivity contribution in [1.29, 1.82) is 0 Å². The van der Waals surface area contributed by atoms with E-state index in [1.807, 2.05) is 43.2 Å². The van der Waals surface area contributed by atoms with E-state index in [9.17, 15) is 4.79 Å². The summed E-state index contributed by atoms with van der Waals surface area (Å²) >= 11 is 1.45. The normalized spacial score (nSPS) is 18.3. The molecular formula is C23H25N5O3S. The Balaban J connectivity index is 1.27. The summed E-state index contributed by atoms with van der Waals surface area (Å²) in [6.45, 7) is 5.82. The molecule has 2 aliphatic rings. The molecule has 2 aromatic heterocycles. The molecule has 1 unspecified atom stereocenters. The Bertz CT molecular complexity index is 1220. The molecule has 5 rings (SSSR count). The van der Waals surface area contributed by atoms with Crippen LogP contribution in [0.5, 0.6) is 5.88 Å². The molecule has 8 nitrogen and oxygen atoms in total. The van der Waals surface area contributed by atoms with Crippen LogP contribution >= 0.6 is 11.8 Å². The van der Waals surface area contributed by atoms with E-state index in [4.69, 9.17) is 9.47 Å². The maximum Gasteiger partial charge on any atom is 0.256 e. The van der Waals surface area contributed by atoms with Crippen molar-refractivity contribution < 1.29 is 14.3 Å². The fourth-order valence-electron chi connectivity index (χ4n) is 4.26. The smallest absolute Gasteiger partial charge is 0.256 e. The number of thioether (sulfide) groups is 1. The quantitative estimate of drug-likeness (QED) is 0.552. The molecule has 0 saturated carbocycles. The van der Waals surface area contributed by atoms with Crippen LogP contribution in [0.3, 0.4) is 0 Å². The Labute approximate surface area is 190 Å². The summed E-state index contributed by atoms with van der Waals surface area (Å²) in [7, 11) is 0. The van der Waals surface area contributed by atoms with Crippen molar-refractivity contribution in [3.63, 3.8) is 0 Å². The van der Waals surface area contributed by atoms with Gasteiger partial charge >= 0.3 is 0 Å². The zero-order valence-electron chi connectivity index (χ0n) is 18.4. The number of ether oxygens (including phenoxy) is 2. The first-order valence-corrected chi connectivity index (χ1v) is 11.9. The highest BCUT2D eigenvalue weighted by Crippen LogP contribution is 2.33. The van der Waals surface area contributed by atoms with Crippen LogP contribution in [-0.4, -0.2) is 69.1 Å². The first-order chi connectivity index (χ1) is 15.5. The van der Waals surface area contributed by atoms with Crippen molar-refractivity contribution in [2.24, 2.45) is 0 Å². The second kappa shape index (κ2) is 8.55. The summed E-state index contributed by atoms with van der Waals surface area (Å²) in [5.41, 5.74) is 5.16. The van der Waals surface area contributed by atoms with Gasteiger partial charge in [-0.2, -0.15) is 9.50 Å². The van der Waals surface area contributed by atoms with Gasteiger partial charge in [-0.1, -0.05) is 36.0 Å². The van der Waals surface area contributed by atoms with Gasteiger partial charge in [0.15, 0.2) is 0 Å². The molecule has 1 saturated heterocycles. The monoisotopic (exact) mass is 451 g/mol. The second-order valence-corrected chi connectivity index (χ2v) is 8.81. The zero-order chi connectivity index (χ0) is 22.2. The molecule has 0 radical (unpaired) electrons. The number of allylic oxidation sites excluding steroid dienone is 1. The number of hydrogen-bond donors (Lipinski definition) is 0.